The summed E-state index contributed by atoms with van der Waals surface area (Å²) in [6.07, 6.45) is -0.467. The lowest BCUT2D eigenvalue weighted by molar-refractivity contribution is 0.0636. The third-order valence-corrected chi connectivity index (χ3v) is 1.93. The third-order valence-electron chi connectivity index (χ3n) is 1.93. The van der Waals surface area contributed by atoms with Gasteiger partial charge in [-0.15, -0.1) is 0 Å². The highest BCUT2D eigenvalue weighted by Gasteiger charge is 2.16. The Morgan fingerprint density at radius 3 is 2.41 bits per heavy atom. The highest BCUT2D eigenvalue weighted by Crippen LogP contribution is 2.20. The van der Waals surface area contributed by atoms with Crippen molar-refractivity contribution in [2.75, 3.05) is 12.4 Å². The fourth-order valence-electron chi connectivity index (χ4n) is 1.36. The molecule has 0 atom stereocenters. The largest absolute Gasteiger partial charge is 0.497 e. The number of ether oxygens (including phenoxy) is 2. The second-order valence-electron chi connectivity index (χ2n) is 4.87. The summed E-state index contributed by atoms with van der Waals surface area (Å²) >= 11 is 0. The van der Waals surface area contributed by atoms with Crippen molar-refractivity contribution in [3.05, 3.63) is 23.8 Å². The van der Waals surface area contributed by atoms with Crippen LogP contribution < -0.4 is 10.1 Å². The van der Waals surface area contributed by atoms with Gasteiger partial charge in [0.15, 0.2) is 0 Å². The SMILES string of the molecule is COc1cc(C)cc(NC(=O)OC(C)(C)C)c1. The van der Waals surface area contributed by atoms with Gasteiger partial charge in [0, 0.05) is 11.8 Å². The van der Waals surface area contributed by atoms with Crippen molar-refractivity contribution >= 4 is 11.8 Å². The first kappa shape index (κ1) is 13.4. The number of nitrogens with one attached hydrogen (secondary N) is 1. The topological polar surface area (TPSA) is 47.6 Å². The van der Waals surface area contributed by atoms with Crippen LogP contribution in [-0.4, -0.2) is 18.8 Å². The van der Waals surface area contributed by atoms with Crippen LogP contribution in [0.2, 0.25) is 0 Å². The second kappa shape index (κ2) is 5.08. The molecule has 0 unspecified atom stereocenters. The van der Waals surface area contributed by atoms with E-state index >= 15 is 0 Å². The molecule has 1 aromatic rings. The van der Waals surface area contributed by atoms with Gasteiger partial charge in [-0.05, 0) is 45.4 Å². The van der Waals surface area contributed by atoms with Crippen LogP contribution in [0, 0.1) is 6.92 Å². The van der Waals surface area contributed by atoms with Crippen molar-refractivity contribution in [1.82, 2.24) is 0 Å². The molecule has 0 saturated heterocycles. The molecule has 1 N–H and O–H groups in total. The molecule has 0 radical (unpaired) electrons. The maximum absolute atomic E-state index is 11.6. The molecule has 1 amide bonds. The van der Waals surface area contributed by atoms with Gasteiger partial charge in [0.1, 0.15) is 11.4 Å². The van der Waals surface area contributed by atoms with E-state index in [4.69, 9.17) is 9.47 Å². The molecule has 0 spiro atoms. The third kappa shape index (κ3) is 4.76. The number of benzene rings is 1. The molecule has 0 fully saturated rings. The molecule has 0 bridgehead atoms. The number of amides is 1. The molecule has 0 heterocycles. The van der Waals surface area contributed by atoms with E-state index in [1.807, 2.05) is 39.8 Å². The van der Waals surface area contributed by atoms with E-state index in [-0.39, 0.29) is 0 Å². The highest BCUT2D eigenvalue weighted by molar-refractivity contribution is 5.85. The number of aryl methyl sites for hydroxylation is 1. The normalized spacial score (nSPS) is 10.9. The van der Waals surface area contributed by atoms with Crippen molar-refractivity contribution in [1.29, 1.82) is 0 Å². The van der Waals surface area contributed by atoms with Crippen LogP contribution >= 0.6 is 0 Å². The van der Waals surface area contributed by atoms with Crippen molar-refractivity contribution in [2.45, 2.75) is 33.3 Å². The Labute approximate surface area is 102 Å². The number of carbonyl (C=O) groups excluding carboxylic acids is 1. The van der Waals surface area contributed by atoms with Crippen molar-refractivity contribution in [3.63, 3.8) is 0 Å². The summed E-state index contributed by atoms with van der Waals surface area (Å²) in [6, 6.07) is 5.49. The smallest absolute Gasteiger partial charge is 0.412 e. The van der Waals surface area contributed by atoms with E-state index in [0.717, 1.165) is 5.56 Å². The van der Waals surface area contributed by atoms with Gasteiger partial charge in [-0.1, -0.05) is 0 Å². The number of carbonyl (C=O) groups is 1. The summed E-state index contributed by atoms with van der Waals surface area (Å²) in [5.41, 5.74) is 1.17. The van der Waals surface area contributed by atoms with Crippen LogP contribution in [0.1, 0.15) is 26.3 Å². The molecule has 1 rings (SSSR count). The van der Waals surface area contributed by atoms with Gasteiger partial charge in [0.05, 0.1) is 7.11 Å². The molecule has 0 aliphatic rings. The lowest BCUT2D eigenvalue weighted by Gasteiger charge is -2.19. The van der Waals surface area contributed by atoms with Crippen molar-refractivity contribution < 1.29 is 14.3 Å². The average molecular weight is 237 g/mol. The molecule has 94 valence electrons. The summed E-state index contributed by atoms with van der Waals surface area (Å²) in [5.74, 6) is 0.705. The molecule has 17 heavy (non-hydrogen) atoms. The Morgan fingerprint density at radius 2 is 1.88 bits per heavy atom. The molecular formula is C13H19NO3. The molecule has 0 aromatic heterocycles. The van der Waals surface area contributed by atoms with Crippen molar-refractivity contribution in [2.24, 2.45) is 0 Å². The quantitative estimate of drug-likeness (QED) is 0.858. The number of hydrogen-bond acceptors (Lipinski definition) is 3. The van der Waals surface area contributed by atoms with Gasteiger partial charge in [-0.2, -0.15) is 0 Å². The number of rotatable bonds is 2. The van der Waals surface area contributed by atoms with E-state index < -0.39 is 11.7 Å². The molecule has 4 nitrogen and oxygen atoms in total. The van der Waals surface area contributed by atoms with Gasteiger partial charge in [-0.25, -0.2) is 4.79 Å². The van der Waals surface area contributed by atoms with Crippen LogP contribution in [0.5, 0.6) is 5.75 Å². The Kier molecular flexibility index (Phi) is 3.99. The number of methoxy groups -OCH3 is 1. The summed E-state index contributed by atoms with van der Waals surface area (Å²) in [5, 5.41) is 2.67. The predicted octanol–water partition coefficient (Wildman–Crippen LogP) is 3.35. The summed E-state index contributed by atoms with van der Waals surface area (Å²) < 4.78 is 10.3. The van der Waals surface area contributed by atoms with E-state index in [2.05, 4.69) is 5.32 Å². The van der Waals surface area contributed by atoms with E-state index in [1.165, 1.54) is 0 Å². The van der Waals surface area contributed by atoms with Gasteiger partial charge in [-0.3, -0.25) is 5.32 Å². The first-order valence-corrected chi connectivity index (χ1v) is 5.46. The van der Waals surface area contributed by atoms with Gasteiger partial charge in [0.25, 0.3) is 0 Å². The zero-order valence-corrected chi connectivity index (χ0v) is 11.0. The Balaban J connectivity index is 2.74. The lowest BCUT2D eigenvalue weighted by atomic mass is 10.2. The summed E-state index contributed by atoms with van der Waals surface area (Å²) in [6.45, 7) is 7.40. The van der Waals surface area contributed by atoms with Gasteiger partial charge in [0.2, 0.25) is 0 Å². The Hall–Kier alpha value is -1.71. The molecule has 4 heteroatoms. The first-order valence-electron chi connectivity index (χ1n) is 5.46. The van der Waals surface area contributed by atoms with Gasteiger partial charge < -0.3 is 9.47 Å². The zero-order valence-electron chi connectivity index (χ0n) is 11.0. The Morgan fingerprint density at radius 1 is 1.24 bits per heavy atom. The van der Waals surface area contributed by atoms with Crippen LogP contribution in [0.4, 0.5) is 10.5 Å². The fourth-order valence-corrected chi connectivity index (χ4v) is 1.36. The van der Waals surface area contributed by atoms with Gasteiger partial charge >= 0.3 is 6.09 Å². The molecule has 0 saturated carbocycles. The average Bonchev–Trinajstić information content (AvgIpc) is 2.13. The molecule has 1 aromatic carbocycles. The minimum atomic E-state index is -0.502. The summed E-state index contributed by atoms with van der Waals surface area (Å²) in [7, 11) is 1.59. The monoisotopic (exact) mass is 237 g/mol. The standard InChI is InChI=1S/C13H19NO3/c1-9-6-10(8-11(7-9)16-5)14-12(15)17-13(2,3)4/h6-8H,1-5H3,(H,14,15). The van der Waals surface area contributed by atoms with E-state index in [9.17, 15) is 4.79 Å². The maximum Gasteiger partial charge on any atom is 0.412 e. The number of anilines is 1. The number of hydrogen-bond donors (Lipinski definition) is 1. The van der Waals surface area contributed by atoms with Crippen LogP contribution in [0.3, 0.4) is 0 Å². The van der Waals surface area contributed by atoms with Crippen LogP contribution in [0.25, 0.3) is 0 Å². The lowest BCUT2D eigenvalue weighted by Crippen LogP contribution is -2.27. The van der Waals surface area contributed by atoms with Crippen LogP contribution in [-0.2, 0) is 4.74 Å². The van der Waals surface area contributed by atoms with E-state index in [1.54, 1.807) is 13.2 Å². The maximum atomic E-state index is 11.6. The summed E-state index contributed by atoms with van der Waals surface area (Å²) in [4.78, 5) is 11.6. The zero-order chi connectivity index (χ0) is 13.1. The first-order chi connectivity index (χ1) is 7.80. The van der Waals surface area contributed by atoms with Crippen molar-refractivity contribution in [3.8, 4) is 5.75 Å². The highest BCUT2D eigenvalue weighted by atomic mass is 16.6. The Bertz CT molecular complexity index is 408. The molecule has 0 aliphatic heterocycles. The predicted molar refractivity (Wildman–Crippen MR) is 67.6 cm³/mol. The second-order valence-corrected chi connectivity index (χ2v) is 4.87. The molecule has 0 aliphatic carbocycles. The molecular weight excluding hydrogens is 218 g/mol. The minimum absolute atomic E-state index is 0.467. The fraction of sp³-hybridized carbons (Fsp3) is 0.462. The van der Waals surface area contributed by atoms with E-state index in [0.29, 0.717) is 11.4 Å². The van der Waals surface area contributed by atoms with Crippen LogP contribution in [0.15, 0.2) is 18.2 Å². The minimum Gasteiger partial charge on any atom is -0.497 e.